The van der Waals surface area contributed by atoms with E-state index in [1.165, 1.54) is 6.07 Å². The second kappa shape index (κ2) is 12.1. The predicted octanol–water partition coefficient (Wildman–Crippen LogP) is 0.529. The number of nitrogens with one attached hydrogen (secondary N) is 2. The van der Waals surface area contributed by atoms with Crippen molar-refractivity contribution >= 4 is 29.7 Å². The molecule has 0 saturated carbocycles. The molecule has 0 spiro atoms. The first kappa shape index (κ1) is 30.1. The van der Waals surface area contributed by atoms with Crippen molar-refractivity contribution in [2.75, 3.05) is 39.3 Å². The van der Waals surface area contributed by atoms with Gasteiger partial charge in [-0.15, -0.1) is 5.10 Å². The molecule has 15 heteroatoms. The molecule has 2 saturated heterocycles. The van der Waals surface area contributed by atoms with Crippen LogP contribution in [0.4, 0.5) is 4.79 Å². The third-order valence-electron chi connectivity index (χ3n) is 7.30. The Morgan fingerprint density at radius 3 is 2.51 bits per heavy atom. The van der Waals surface area contributed by atoms with E-state index in [2.05, 4.69) is 25.8 Å². The van der Waals surface area contributed by atoms with Crippen molar-refractivity contribution < 1.29 is 33.4 Å². The number of rotatable bonds is 8. The highest BCUT2D eigenvalue weighted by Gasteiger charge is 2.46. The molecule has 4 heterocycles. The van der Waals surface area contributed by atoms with E-state index >= 15 is 0 Å². The summed E-state index contributed by atoms with van der Waals surface area (Å²) in [6, 6.07) is 4.67. The number of benzene rings is 1. The average Bonchev–Trinajstić information content (AvgIpc) is 3.52. The lowest BCUT2D eigenvalue weighted by Crippen LogP contribution is -2.64. The van der Waals surface area contributed by atoms with Crippen LogP contribution in [0.3, 0.4) is 0 Å². The number of ether oxygens (including phenoxy) is 2. The van der Waals surface area contributed by atoms with Gasteiger partial charge >= 0.3 is 6.09 Å². The summed E-state index contributed by atoms with van der Waals surface area (Å²) in [7, 11) is 0. The molecule has 2 atom stereocenters. The molecule has 2 unspecified atom stereocenters. The molecule has 15 nitrogen and oxygen atoms in total. The molecular formula is C28H36N8O7. The molecule has 0 aliphatic carbocycles. The fourth-order valence-corrected chi connectivity index (χ4v) is 5.14. The van der Waals surface area contributed by atoms with E-state index in [0.717, 1.165) is 31.0 Å². The van der Waals surface area contributed by atoms with Gasteiger partial charge in [-0.2, -0.15) is 0 Å². The van der Waals surface area contributed by atoms with Crippen molar-refractivity contribution in [3.05, 3.63) is 41.2 Å². The lowest BCUT2D eigenvalue weighted by Gasteiger charge is -2.35. The molecule has 3 aliphatic heterocycles. The number of amides is 5. The maximum Gasteiger partial charge on any atom is 0.410 e. The number of carbonyl (C=O) groups is 5. The molecule has 43 heavy (non-hydrogen) atoms. The van der Waals surface area contributed by atoms with E-state index < -0.39 is 41.5 Å². The van der Waals surface area contributed by atoms with Gasteiger partial charge in [-0.25, -0.2) is 9.69 Å². The van der Waals surface area contributed by atoms with Crippen LogP contribution in [0.25, 0.3) is 0 Å². The van der Waals surface area contributed by atoms with Gasteiger partial charge in [0, 0.05) is 39.3 Å². The Balaban J connectivity index is 1.13. The Morgan fingerprint density at radius 1 is 1.07 bits per heavy atom. The molecule has 0 radical (unpaired) electrons. The first-order chi connectivity index (χ1) is 20.4. The molecule has 5 rings (SSSR count). The number of imide groups is 2. The maximum absolute atomic E-state index is 13.3. The summed E-state index contributed by atoms with van der Waals surface area (Å²) in [5.41, 5.74) is 0.188. The van der Waals surface area contributed by atoms with E-state index in [0.29, 0.717) is 25.3 Å². The van der Waals surface area contributed by atoms with Gasteiger partial charge in [-0.05, 0) is 46.2 Å². The second-order valence-corrected chi connectivity index (χ2v) is 11.7. The molecule has 1 aromatic carbocycles. The van der Waals surface area contributed by atoms with E-state index in [1.807, 2.05) is 20.8 Å². The van der Waals surface area contributed by atoms with Gasteiger partial charge in [-0.1, -0.05) is 11.3 Å². The molecule has 2 aromatic rings. The monoisotopic (exact) mass is 596 g/mol. The number of aromatic nitrogens is 3. The predicted molar refractivity (Wildman–Crippen MR) is 150 cm³/mol. The molecule has 1 aromatic heterocycles. The van der Waals surface area contributed by atoms with E-state index in [4.69, 9.17) is 9.47 Å². The van der Waals surface area contributed by atoms with Crippen LogP contribution in [0.15, 0.2) is 24.4 Å². The molecule has 230 valence electrons. The number of carbonyl (C=O) groups excluding carboxylic acids is 5. The van der Waals surface area contributed by atoms with E-state index in [1.54, 1.807) is 34.8 Å². The number of fused-ring (bicyclic) bond motifs is 1. The topological polar surface area (TPSA) is 168 Å². The molecular weight excluding hydrogens is 560 g/mol. The van der Waals surface area contributed by atoms with Gasteiger partial charge in [0.15, 0.2) is 6.17 Å². The van der Waals surface area contributed by atoms with E-state index in [-0.39, 0.29) is 29.5 Å². The summed E-state index contributed by atoms with van der Waals surface area (Å²) < 4.78 is 13.3. The fraction of sp³-hybridized carbons (Fsp3) is 0.536. The lowest BCUT2D eigenvalue weighted by atomic mass is 10.1. The zero-order valence-corrected chi connectivity index (χ0v) is 24.7. The summed E-state index contributed by atoms with van der Waals surface area (Å²) in [6.45, 7) is 11.4. The van der Waals surface area contributed by atoms with Crippen LogP contribution >= 0.6 is 0 Å². The van der Waals surface area contributed by atoms with Gasteiger partial charge < -0.3 is 14.4 Å². The summed E-state index contributed by atoms with van der Waals surface area (Å²) in [6.07, 6.45) is 0.438. The summed E-state index contributed by atoms with van der Waals surface area (Å²) >= 11 is 0. The van der Waals surface area contributed by atoms with Crippen molar-refractivity contribution in [3.8, 4) is 5.75 Å². The first-order valence-electron chi connectivity index (χ1n) is 14.3. The number of aryl methyl sites for hydroxylation is 1. The largest absolute Gasteiger partial charge is 0.483 e. The number of nitrogens with zero attached hydrogens (tertiary/aromatic N) is 6. The quantitative estimate of drug-likeness (QED) is 0.408. The highest BCUT2D eigenvalue weighted by Crippen LogP contribution is 2.34. The highest BCUT2D eigenvalue weighted by atomic mass is 16.6. The van der Waals surface area contributed by atoms with E-state index in [9.17, 15) is 24.0 Å². The van der Waals surface area contributed by atoms with Crippen molar-refractivity contribution in [2.45, 2.75) is 58.5 Å². The summed E-state index contributed by atoms with van der Waals surface area (Å²) in [5.74, 6) is -2.49. The summed E-state index contributed by atoms with van der Waals surface area (Å²) in [5, 5.41) is 13.2. The van der Waals surface area contributed by atoms with Gasteiger partial charge in [-0.3, -0.25) is 39.4 Å². The number of hydrogen-bond donors (Lipinski definition) is 2. The minimum atomic E-state index is -1.30. The van der Waals surface area contributed by atoms with Crippen molar-refractivity contribution in [1.82, 2.24) is 40.3 Å². The first-order valence-corrected chi connectivity index (χ1v) is 14.3. The molecule has 2 N–H and O–H groups in total. The number of hydrogen-bond acceptors (Lipinski definition) is 11. The van der Waals surface area contributed by atoms with Crippen LogP contribution in [0, 0.1) is 0 Å². The van der Waals surface area contributed by atoms with Crippen molar-refractivity contribution in [3.63, 3.8) is 0 Å². The van der Waals surface area contributed by atoms with Gasteiger partial charge in [0.25, 0.3) is 17.7 Å². The normalized spacial score (nSPS) is 20.2. The number of piperazine rings is 2. The SMILES string of the molecule is CC(Oc1cccc2c1C(=O)N(C1NCC(=O)NC1=O)C2=O)c1cn(CCCN2CCN(C(=O)OC(C)(C)C)CC2)nn1. The van der Waals surface area contributed by atoms with Crippen molar-refractivity contribution in [2.24, 2.45) is 0 Å². The molecule has 2 fully saturated rings. The molecule has 3 aliphatic rings. The average molecular weight is 597 g/mol. The highest BCUT2D eigenvalue weighted by molar-refractivity contribution is 6.24. The zero-order chi connectivity index (χ0) is 30.9. The van der Waals surface area contributed by atoms with Crippen LogP contribution in [-0.2, 0) is 20.9 Å². The van der Waals surface area contributed by atoms with Crippen LogP contribution in [0.5, 0.6) is 5.75 Å². The maximum atomic E-state index is 13.3. The van der Waals surface area contributed by atoms with Crippen LogP contribution < -0.4 is 15.4 Å². The second-order valence-electron chi connectivity index (χ2n) is 11.7. The zero-order valence-electron chi connectivity index (χ0n) is 24.7. The molecule has 5 amide bonds. The Hall–Kier alpha value is -4.37. The van der Waals surface area contributed by atoms with Crippen molar-refractivity contribution in [1.29, 1.82) is 0 Å². The lowest BCUT2D eigenvalue weighted by molar-refractivity contribution is -0.136. The van der Waals surface area contributed by atoms with Crippen LogP contribution in [-0.4, -0.2) is 110 Å². The fourth-order valence-electron chi connectivity index (χ4n) is 5.14. The third kappa shape index (κ3) is 6.67. The Kier molecular flexibility index (Phi) is 8.46. The Morgan fingerprint density at radius 2 is 1.81 bits per heavy atom. The minimum Gasteiger partial charge on any atom is -0.483 e. The smallest absolute Gasteiger partial charge is 0.410 e. The van der Waals surface area contributed by atoms with Gasteiger partial charge in [0.2, 0.25) is 5.91 Å². The van der Waals surface area contributed by atoms with Gasteiger partial charge in [0.1, 0.15) is 23.1 Å². The van der Waals surface area contributed by atoms with Crippen LogP contribution in [0.2, 0.25) is 0 Å². The minimum absolute atomic E-state index is 0.0463. The van der Waals surface area contributed by atoms with Crippen LogP contribution in [0.1, 0.15) is 66.6 Å². The third-order valence-corrected chi connectivity index (χ3v) is 7.30. The Labute approximate surface area is 248 Å². The standard InChI is InChI=1S/C28H36N8O7/c1-17(19-16-35(32-31-19)10-6-9-33-11-13-34(14-12-33)27(41)43-28(2,3)4)42-20-8-5-7-18-22(20)26(40)36(25(18)39)23-24(38)30-21(37)15-29-23/h5,7-8,16-17,23,29H,6,9-15H2,1-4H3,(H,30,37,38). The molecule has 0 bridgehead atoms. The Bertz CT molecular complexity index is 1430. The van der Waals surface area contributed by atoms with Gasteiger partial charge in [0.05, 0.1) is 23.9 Å². The summed E-state index contributed by atoms with van der Waals surface area (Å²) in [4.78, 5) is 67.3.